The Balaban J connectivity index is 3.25. The lowest BCUT2D eigenvalue weighted by Gasteiger charge is -2.06. The van der Waals surface area contributed by atoms with Crippen molar-refractivity contribution in [3.05, 3.63) is 12.2 Å². The van der Waals surface area contributed by atoms with Crippen LogP contribution in [0, 0.1) is 0 Å². The lowest BCUT2D eigenvalue weighted by molar-refractivity contribution is -0.146. The first kappa shape index (κ1) is 30.7. The zero-order chi connectivity index (χ0) is 23.7. The zero-order valence-corrected chi connectivity index (χ0v) is 21.4. The molecule has 0 aliphatic carbocycles. The van der Waals surface area contributed by atoms with Gasteiger partial charge < -0.3 is 9.47 Å². The molecule has 0 heterocycles. The van der Waals surface area contributed by atoms with Gasteiger partial charge in [0, 0.05) is 19.3 Å². The first-order valence-electron chi connectivity index (χ1n) is 13.5. The summed E-state index contributed by atoms with van der Waals surface area (Å²) in [7, 11) is 0. The minimum atomic E-state index is -0.197. The molecular formula is C28H52O4. The second kappa shape index (κ2) is 24.3. The van der Waals surface area contributed by atoms with Crippen LogP contribution in [0.5, 0.6) is 0 Å². The molecule has 4 heteroatoms. The molecule has 0 aromatic carbocycles. The molecule has 0 saturated heterocycles. The highest BCUT2D eigenvalue weighted by Crippen LogP contribution is 2.13. The molecule has 0 aliphatic heterocycles. The number of hydrogen-bond donors (Lipinski definition) is 0. The lowest BCUT2D eigenvalue weighted by Crippen LogP contribution is -2.08. The average molecular weight is 453 g/mol. The van der Waals surface area contributed by atoms with Crippen LogP contribution in [0.4, 0.5) is 0 Å². The molecule has 4 nitrogen and oxygen atoms in total. The standard InChI is InChI=1S/C28H52O4/c1-4-5-6-7-8-9-10-11-12-13-14-15-16-17-20-24-31-27(29)21-18-19-22-28(30)32-25-23-26(2)3/h2,4-25H2,1,3H3. The van der Waals surface area contributed by atoms with Crippen molar-refractivity contribution >= 4 is 11.9 Å². The summed E-state index contributed by atoms with van der Waals surface area (Å²) < 4.78 is 10.4. The van der Waals surface area contributed by atoms with Gasteiger partial charge in [0.05, 0.1) is 13.2 Å². The van der Waals surface area contributed by atoms with Crippen LogP contribution in [0.2, 0.25) is 0 Å². The Labute approximate surface area is 198 Å². The van der Waals surface area contributed by atoms with Crippen molar-refractivity contribution in [1.82, 2.24) is 0 Å². The average Bonchev–Trinajstić information content (AvgIpc) is 2.76. The molecule has 0 saturated carbocycles. The molecule has 0 bridgehead atoms. The van der Waals surface area contributed by atoms with E-state index in [-0.39, 0.29) is 11.9 Å². The monoisotopic (exact) mass is 452 g/mol. The maximum atomic E-state index is 11.7. The molecule has 0 aliphatic rings. The summed E-state index contributed by atoms with van der Waals surface area (Å²) in [6.45, 7) is 8.89. The van der Waals surface area contributed by atoms with Crippen molar-refractivity contribution < 1.29 is 19.1 Å². The summed E-state index contributed by atoms with van der Waals surface area (Å²) in [5.41, 5.74) is 1.01. The summed E-state index contributed by atoms with van der Waals surface area (Å²) in [4.78, 5) is 23.3. The second-order valence-corrected chi connectivity index (χ2v) is 9.30. The van der Waals surface area contributed by atoms with E-state index in [9.17, 15) is 9.59 Å². The van der Waals surface area contributed by atoms with Gasteiger partial charge in [0.1, 0.15) is 0 Å². The van der Waals surface area contributed by atoms with E-state index in [1.807, 2.05) is 6.92 Å². The first-order valence-corrected chi connectivity index (χ1v) is 13.5. The van der Waals surface area contributed by atoms with Crippen molar-refractivity contribution in [1.29, 1.82) is 0 Å². The number of ether oxygens (including phenoxy) is 2. The smallest absolute Gasteiger partial charge is 0.305 e. The van der Waals surface area contributed by atoms with Crippen LogP contribution in [-0.2, 0) is 19.1 Å². The summed E-state index contributed by atoms with van der Waals surface area (Å²) in [6, 6.07) is 0. The zero-order valence-electron chi connectivity index (χ0n) is 21.4. The third-order valence-electron chi connectivity index (χ3n) is 5.81. The molecule has 0 rings (SSSR count). The molecule has 0 aromatic heterocycles. The van der Waals surface area contributed by atoms with Crippen LogP contribution in [0.3, 0.4) is 0 Å². The Morgan fingerprint density at radius 2 is 0.906 bits per heavy atom. The van der Waals surface area contributed by atoms with Gasteiger partial charge in [-0.05, 0) is 26.2 Å². The van der Waals surface area contributed by atoms with Gasteiger partial charge in [0.15, 0.2) is 0 Å². The molecule has 0 atom stereocenters. The highest BCUT2D eigenvalue weighted by atomic mass is 16.5. The van der Waals surface area contributed by atoms with Gasteiger partial charge in [-0.1, -0.05) is 102 Å². The number of carbonyl (C=O) groups excluding carboxylic acids is 2. The number of esters is 2. The van der Waals surface area contributed by atoms with Crippen molar-refractivity contribution in [2.75, 3.05) is 13.2 Å². The molecule has 0 spiro atoms. The van der Waals surface area contributed by atoms with Crippen LogP contribution >= 0.6 is 0 Å². The van der Waals surface area contributed by atoms with Gasteiger partial charge in [-0.25, -0.2) is 0 Å². The maximum absolute atomic E-state index is 11.7. The van der Waals surface area contributed by atoms with Gasteiger partial charge in [0.2, 0.25) is 0 Å². The second-order valence-electron chi connectivity index (χ2n) is 9.30. The fraction of sp³-hybridized carbons (Fsp3) is 0.857. The maximum Gasteiger partial charge on any atom is 0.305 e. The Morgan fingerprint density at radius 1 is 0.531 bits per heavy atom. The minimum absolute atomic E-state index is 0.147. The summed E-state index contributed by atoms with van der Waals surface area (Å²) >= 11 is 0. The predicted molar refractivity (Wildman–Crippen MR) is 135 cm³/mol. The molecule has 0 N–H and O–H groups in total. The molecular weight excluding hydrogens is 400 g/mol. The van der Waals surface area contributed by atoms with Crippen LogP contribution in [0.1, 0.15) is 142 Å². The third kappa shape index (κ3) is 24.9. The summed E-state index contributed by atoms with van der Waals surface area (Å²) in [5, 5.41) is 0. The van der Waals surface area contributed by atoms with E-state index in [2.05, 4.69) is 13.5 Å². The minimum Gasteiger partial charge on any atom is -0.466 e. The quantitative estimate of drug-likeness (QED) is 0.0837. The van der Waals surface area contributed by atoms with Crippen molar-refractivity contribution in [2.24, 2.45) is 0 Å². The third-order valence-corrected chi connectivity index (χ3v) is 5.81. The molecule has 0 fully saturated rings. The largest absolute Gasteiger partial charge is 0.466 e. The Morgan fingerprint density at radius 3 is 1.31 bits per heavy atom. The van der Waals surface area contributed by atoms with Crippen LogP contribution < -0.4 is 0 Å². The van der Waals surface area contributed by atoms with Crippen LogP contribution in [-0.4, -0.2) is 25.2 Å². The normalized spacial score (nSPS) is 10.8. The fourth-order valence-electron chi connectivity index (χ4n) is 3.68. The van der Waals surface area contributed by atoms with E-state index in [0.717, 1.165) is 18.4 Å². The number of unbranched alkanes of at least 4 members (excludes halogenated alkanes) is 15. The van der Waals surface area contributed by atoms with E-state index in [4.69, 9.17) is 9.47 Å². The molecule has 188 valence electrons. The topological polar surface area (TPSA) is 52.6 Å². The van der Waals surface area contributed by atoms with Gasteiger partial charge >= 0.3 is 11.9 Å². The molecule has 32 heavy (non-hydrogen) atoms. The van der Waals surface area contributed by atoms with Gasteiger partial charge in [-0.3, -0.25) is 9.59 Å². The van der Waals surface area contributed by atoms with Crippen molar-refractivity contribution in [2.45, 2.75) is 142 Å². The Bertz CT molecular complexity index is 458. The van der Waals surface area contributed by atoms with E-state index in [1.165, 1.54) is 83.5 Å². The van der Waals surface area contributed by atoms with Gasteiger partial charge in [-0.2, -0.15) is 0 Å². The summed E-state index contributed by atoms with van der Waals surface area (Å²) in [6.07, 6.45) is 22.8. The van der Waals surface area contributed by atoms with E-state index in [1.54, 1.807) is 0 Å². The predicted octanol–water partition coefficient (Wildman–Crippen LogP) is 8.47. The molecule has 0 aromatic rings. The van der Waals surface area contributed by atoms with Gasteiger partial charge in [0.25, 0.3) is 0 Å². The van der Waals surface area contributed by atoms with Gasteiger partial charge in [-0.15, -0.1) is 6.58 Å². The Kier molecular flexibility index (Phi) is 23.3. The molecule has 0 amide bonds. The number of carbonyl (C=O) groups is 2. The summed E-state index contributed by atoms with van der Waals surface area (Å²) in [5.74, 6) is -0.344. The van der Waals surface area contributed by atoms with E-state index in [0.29, 0.717) is 45.3 Å². The van der Waals surface area contributed by atoms with Crippen molar-refractivity contribution in [3.8, 4) is 0 Å². The lowest BCUT2D eigenvalue weighted by atomic mass is 10.0. The number of hydrogen-bond acceptors (Lipinski definition) is 4. The van der Waals surface area contributed by atoms with Crippen molar-refractivity contribution in [3.63, 3.8) is 0 Å². The molecule has 0 unspecified atom stereocenters. The van der Waals surface area contributed by atoms with Crippen LogP contribution in [0.25, 0.3) is 0 Å². The van der Waals surface area contributed by atoms with E-state index < -0.39 is 0 Å². The first-order chi connectivity index (χ1) is 15.6. The Hall–Kier alpha value is -1.32. The highest BCUT2D eigenvalue weighted by Gasteiger charge is 2.06. The SMILES string of the molecule is C=C(C)CCOC(=O)CCCCC(=O)OCCCCCCCCCCCCCCCCC. The fourth-order valence-corrected chi connectivity index (χ4v) is 3.68. The van der Waals surface area contributed by atoms with E-state index >= 15 is 0 Å². The molecule has 0 radical (unpaired) electrons. The highest BCUT2D eigenvalue weighted by molar-refractivity contribution is 5.70. The number of rotatable bonds is 24. The van der Waals surface area contributed by atoms with Crippen LogP contribution in [0.15, 0.2) is 12.2 Å².